The number of halogens is 1. The van der Waals surface area contributed by atoms with Crippen LogP contribution in [-0.4, -0.2) is 22.0 Å². The number of thiazole rings is 1. The standard InChI is InChI=1S/C23H24ClN3O2S2/c1-3-4-8-21(28)25-18-6-5-7-19(13-18)31-15(2)22(29)27-23-26-20(14-30-23)16-9-11-17(24)12-10-16/h5-7,9-15H,3-4,8H2,1-2H3,(H,25,28)(H,26,27,29). The number of nitrogens with one attached hydrogen (secondary N) is 2. The summed E-state index contributed by atoms with van der Waals surface area (Å²) in [4.78, 5) is 30.0. The van der Waals surface area contributed by atoms with E-state index in [1.165, 1.54) is 23.1 Å². The predicted molar refractivity (Wildman–Crippen MR) is 131 cm³/mol. The monoisotopic (exact) mass is 473 g/mol. The SMILES string of the molecule is CCCCC(=O)Nc1cccc(SC(C)C(=O)Nc2nc(-c3ccc(Cl)cc3)cs2)c1. The van der Waals surface area contributed by atoms with Crippen molar-refractivity contribution >= 4 is 57.3 Å². The summed E-state index contributed by atoms with van der Waals surface area (Å²) >= 11 is 8.75. The van der Waals surface area contributed by atoms with Gasteiger partial charge in [0.15, 0.2) is 5.13 Å². The Hall–Kier alpha value is -2.35. The van der Waals surface area contributed by atoms with Crippen molar-refractivity contribution in [1.29, 1.82) is 0 Å². The van der Waals surface area contributed by atoms with E-state index in [-0.39, 0.29) is 17.1 Å². The third-order valence-electron chi connectivity index (χ3n) is 4.43. The van der Waals surface area contributed by atoms with Crippen molar-refractivity contribution in [2.45, 2.75) is 43.3 Å². The van der Waals surface area contributed by atoms with Crippen molar-refractivity contribution in [1.82, 2.24) is 4.98 Å². The Morgan fingerprint density at radius 2 is 1.94 bits per heavy atom. The van der Waals surface area contributed by atoms with Crippen LogP contribution in [-0.2, 0) is 9.59 Å². The van der Waals surface area contributed by atoms with Gasteiger partial charge < -0.3 is 10.6 Å². The summed E-state index contributed by atoms with van der Waals surface area (Å²) in [6, 6.07) is 15.0. The highest BCUT2D eigenvalue weighted by Crippen LogP contribution is 2.29. The first kappa shape index (κ1) is 23.3. The summed E-state index contributed by atoms with van der Waals surface area (Å²) in [5.74, 6) is -0.116. The average Bonchev–Trinajstić information content (AvgIpc) is 3.21. The van der Waals surface area contributed by atoms with Crippen LogP contribution in [0.2, 0.25) is 5.02 Å². The molecule has 1 atom stereocenters. The molecule has 0 radical (unpaired) electrons. The number of nitrogens with zero attached hydrogens (tertiary/aromatic N) is 1. The lowest BCUT2D eigenvalue weighted by Gasteiger charge is -2.12. The molecular formula is C23H24ClN3O2S2. The lowest BCUT2D eigenvalue weighted by molar-refractivity contribution is -0.116. The highest BCUT2D eigenvalue weighted by atomic mass is 35.5. The molecule has 0 saturated carbocycles. The number of carbonyl (C=O) groups is 2. The van der Waals surface area contributed by atoms with Gasteiger partial charge in [0.2, 0.25) is 11.8 Å². The van der Waals surface area contributed by atoms with E-state index >= 15 is 0 Å². The molecule has 2 amide bonds. The highest BCUT2D eigenvalue weighted by molar-refractivity contribution is 8.00. The second kappa shape index (κ2) is 11.3. The Balaban J connectivity index is 1.57. The molecule has 2 N–H and O–H groups in total. The minimum atomic E-state index is -0.325. The summed E-state index contributed by atoms with van der Waals surface area (Å²) in [7, 11) is 0. The molecule has 1 heterocycles. The van der Waals surface area contributed by atoms with Crippen molar-refractivity contribution in [2.75, 3.05) is 10.6 Å². The van der Waals surface area contributed by atoms with Gasteiger partial charge in [0.05, 0.1) is 10.9 Å². The topological polar surface area (TPSA) is 71.1 Å². The molecule has 3 rings (SSSR count). The minimum absolute atomic E-state index is 0.00931. The first-order valence-corrected chi connectivity index (χ1v) is 12.2. The summed E-state index contributed by atoms with van der Waals surface area (Å²) in [6.07, 6.45) is 2.36. The lowest BCUT2D eigenvalue weighted by Crippen LogP contribution is -2.22. The Morgan fingerprint density at radius 3 is 2.68 bits per heavy atom. The number of anilines is 2. The van der Waals surface area contributed by atoms with E-state index in [0.717, 1.165) is 34.7 Å². The minimum Gasteiger partial charge on any atom is -0.326 e. The number of benzene rings is 2. The van der Waals surface area contributed by atoms with Gasteiger partial charge >= 0.3 is 0 Å². The van der Waals surface area contributed by atoms with Gasteiger partial charge in [-0.1, -0.05) is 43.1 Å². The summed E-state index contributed by atoms with van der Waals surface area (Å²) in [5.41, 5.74) is 2.48. The first-order valence-electron chi connectivity index (χ1n) is 10.0. The number of hydrogen-bond donors (Lipinski definition) is 2. The zero-order valence-corrected chi connectivity index (χ0v) is 19.7. The molecule has 0 aliphatic heterocycles. The Bertz CT molecular complexity index is 1040. The fraction of sp³-hybridized carbons (Fsp3) is 0.261. The molecule has 8 heteroatoms. The largest absolute Gasteiger partial charge is 0.326 e. The maximum absolute atomic E-state index is 12.6. The average molecular weight is 474 g/mol. The smallest absolute Gasteiger partial charge is 0.239 e. The van der Waals surface area contributed by atoms with E-state index in [1.54, 1.807) is 0 Å². The van der Waals surface area contributed by atoms with Crippen molar-refractivity contribution in [3.63, 3.8) is 0 Å². The van der Waals surface area contributed by atoms with E-state index in [9.17, 15) is 9.59 Å². The number of rotatable bonds is 9. The number of hydrogen-bond acceptors (Lipinski definition) is 5. The maximum Gasteiger partial charge on any atom is 0.239 e. The van der Waals surface area contributed by atoms with Crippen molar-refractivity contribution < 1.29 is 9.59 Å². The van der Waals surface area contributed by atoms with Gasteiger partial charge in [-0.25, -0.2) is 4.98 Å². The lowest BCUT2D eigenvalue weighted by atomic mass is 10.2. The fourth-order valence-electron chi connectivity index (χ4n) is 2.76. The zero-order chi connectivity index (χ0) is 22.2. The van der Waals surface area contributed by atoms with Crippen LogP contribution >= 0.6 is 34.7 Å². The second-order valence-electron chi connectivity index (χ2n) is 6.97. The van der Waals surface area contributed by atoms with Crippen LogP contribution in [0.4, 0.5) is 10.8 Å². The van der Waals surface area contributed by atoms with Gasteiger partial charge in [-0.2, -0.15) is 0 Å². The zero-order valence-electron chi connectivity index (χ0n) is 17.4. The van der Waals surface area contributed by atoms with Crippen LogP contribution in [0.3, 0.4) is 0 Å². The molecule has 0 saturated heterocycles. The predicted octanol–water partition coefficient (Wildman–Crippen LogP) is 6.71. The molecule has 1 unspecified atom stereocenters. The van der Waals surface area contributed by atoms with Crippen LogP contribution in [0.5, 0.6) is 0 Å². The number of unbranched alkanes of at least 4 members (excludes halogenated alkanes) is 1. The normalized spacial score (nSPS) is 11.7. The number of amides is 2. The molecule has 2 aromatic carbocycles. The molecule has 31 heavy (non-hydrogen) atoms. The van der Waals surface area contributed by atoms with E-state index in [2.05, 4.69) is 22.5 Å². The Labute approximate surface area is 195 Å². The molecule has 162 valence electrons. The molecule has 0 fully saturated rings. The molecule has 0 aliphatic rings. The van der Waals surface area contributed by atoms with E-state index in [1.807, 2.05) is 60.8 Å². The van der Waals surface area contributed by atoms with Crippen LogP contribution in [0.25, 0.3) is 11.3 Å². The van der Waals surface area contributed by atoms with Gasteiger partial charge in [0, 0.05) is 33.0 Å². The molecule has 0 aliphatic carbocycles. The summed E-state index contributed by atoms with van der Waals surface area (Å²) < 4.78 is 0. The first-order chi connectivity index (χ1) is 14.9. The van der Waals surface area contributed by atoms with Crippen LogP contribution in [0.1, 0.15) is 33.1 Å². The molecular weight excluding hydrogens is 450 g/mol. The fourth-order valence-corrected chi connectivity index (χ4v) is 4.53. The van der Waals surface area contributed by atoms with Gasteiger partial charge in [-0.05, 0) is 43.7 Å². The van der Waals surface area contributed by atoms with Crippen LogP contribution < -0.4 is 10.6 Å². The van der Waals surface area contributed by atoms with Crippen molar-refractivity contribution in [3.05, 3.63) is 58.9 Å². The Kier molecular flexibility index (Phi) is 8.51. The number of thioether (sulfide) groups is 1. The third kappa shape index (κ3) is 7.09. The van der Waals surface area contributed by atoms with Gasteiger partial charge in [0.25, 0.3) is 0 Å². The van der Waals surface area contributed by atoms with E-state index in [4.69, 9.17) is 11.6 Å². The summed E-state index contributed by atoms with van der Waals surface area (Å²) in [6.45, 7) is 3.90. The molecule has 3 aromatic rings. The number of carbonyl (C=O) groups excluding carboxylic acids is 2. The maximum atomic E-state index is 12.6. The molecule has 1 aromatic heterocycles. The molecule has 0 spiro atoms. The Morgan fingerprint density at radius 1 is 1.16 bits per heavy atom. The van der Waals surface area contributed by atoms with Crippen molar-refractivity contribution in [3.8, 4) is 11.3 Å². The van der Waals surface area contributed by atoms with Gasteiger partial charge in [0.1, 0.15) is 0 Å². The molecule has 0 bridgehead atoms. The van der Waals surface area contributed by atoms with Crippen LogP contribution in [0, 0.1) is 0 Å². The van der Waals surface area contributed by atoms with Crippen LogP contribution in [0.15, 0.2) is 58.8 Å². The van der Waals surface area contributed by atoms with Crippen molar-refractivity contribution in [2.24, 2.45) is 0 Å². The van der Waals surface area contributed by atoms with E-state index in [0.29, 0.717) is 16.6 Å². The second-order valence-corrected chi connectivity index (χ2v) is 9.68. The quantitative estimate of drug-likeness (QED) is 0.339. The summed E-state index contributed by atoms with van der Waals surface area (Å²) in [5, 5.41) is 8.60. The van der Waals surface area contributed by atoms with Gasteiger partial charge in [-0.15, -0.1) is 23.1 Å². The third-order valence-corrected chi connectivity index (χ3v) is 6.54. The molecule has 5 nitrogen and oxygen atoms in total. The highest BCUT2D eigenvalue weighted by Gasteiger charge is 2.17. The van der Waals surface area contributed by atoms with Gasteiger partial charge in [-0.3, -0.25) is 9.59 Å². The van der Waals surface area contributed by atoms with E-state index < -0.39 is 0 Å². The number of aromatic nitrogens is 1.